The number of thiophene rings is 1. The number of nitrogens with one attached hydrogen (secondary N) is 1. The minimum atomic E-state index is 0. The van der Waals surface area contributed by atoms with Crippen molar-refractivity contribution in [1.29, 1.82) is 0 Å². The lowest BCUT2D eigenvalue weighted by Crippen LogP contribution is -2.43. The molecule has 4 rings (SSSR count). The first-order valence-electron chi connectivity index (χ1n) is 7.34. The van der Waals surface area contributed by atoms with Gasteiger partial charge in [0.05, 0.1) is 10.6 Å². The summed E-state index contributed by atoms with van der Waals surface area (Å²) in [5.41, 5.74) is 1.05. The van der Waals surface area contributed by atoms with Gasteiger partial charge in [-0.2, -0.15) is 0 Å². The number of piperidine rings is 1. The second kappa shape index (κ2) is 6.48. The Balaban J connectivity index is 0.00000132. The van der Waals surface area contributed by atoms with Gasteiger partial charge in [0.25, 0.3) is 0 Å². The molecular formula is C15H20ClN3OS. The van der Waals surface area contributed by atoms with Crippen LogP contribution in [0.4, 0.5) is 0 Å². The molecule has 0 aromatic carbocycles. The van der Waals surface area contributed by atoms with E-state index in [1.807, 2.05) is 6.07 Å². The monoisotopic (exact) mass is 325 g/mol. The number of likely N-dealkylation sites (tertiary alicyclic amines) is 1. The van der Waals surface area contributed by atoms with Crippen molar-refractivity contribution in [3.63, 3.8) is 0 Å². The van der Waals surface area contributed by atoms with Crippen molar-refractivity contribution < 1.29 is 4.52 Å². The van der Waals surface area contributed by atoms with Gasteiger partial charge in [-0.15, -0.1) is 23.7 Å². The first kappa shape index (κ1) is 15.0. The van der Waals surface area contributed by atoms with Gasteiger partial charge in [-0.1, -0.05) is 11.2 Å². The predicted molar refractivity (Wildman–Crippen MR) is 86.9 cm³/mol. The Morgan fingerprint density at radius 1 is 1.43 bits per heavy atom. The van der Waals surface area contributed by atoms with Crippen LogP contribution in [0.15, 0.2) is 28.1 Å². The van der Waals surface area contributed by atoms with Crippen LogP contribution in [0.1, 0.15) is 18.5 Å². The summed E-state index contributed by atoms with van der Waals surface area (Å²) >= 11 is 1.69. The highest BCUT2D eigenvalue weighted by molar-refractivity contribution is 7.13. The van der Waals surface area contributed by atoms with Crippen molar-refractivity contribution in [2.45, 2.75) is 25.4 Å². The van der Waals surface area contributed by atoms with Crippen LogP contribution in [0.2, 0.25) is 0 Å². The zero-order chi connectivity index (χ0) is 13.4. The SMILES string of the molecule is Cl.c1csc(-c2cc(CN3CCC4NCCC4C3)no2)c1. The van der Waals surface area contributed by atoms with Crippen molar-refractivity contribution in [2.24, 2.45) is 5.92 Å². The molecule has 2 aromatic rings. The van der Waals surface area contributed by atoms with E-state index < -0.39 is 0 Å². The lowest BCUT2D eigenvalue weighted by Gasteiger charge is -2.34. The molecule has 21 heavy (non-hydrogen) atoms. The maximum atomic E-state index is 5.46. The third kappa shape index (κ3) is 3.16. The molecule has 1 N–H and O–H groups in total. The molecular weight excluding hydrogens is 306 g/mol. The van der Waals surface area contributed by atoms with Crippen molar-refractivity contribution >= 4 is 23.7 Å². The summed E-state index contributed by atoms with van der Waals surface area (Å²) in [7, 11) is 0. The van der Waals surface area contributed by atoms with E-state index in [0.29, 0.717) is 0 Å². The molecule has 2 atom stereocenters. The lowest BCUT2D eigenvalue weighted by molar-refractivity contribution is 0.152. The van der Waals surface area contributed by atoms with E-state index in [1.54, 1.807) is 11.3 Å². The second-order valence-electron chi connectivity index (χ2n) is 5.79. The quantitative estimate of drug-likeness (QED) is 0.942. The van der Waals surface area contributed by atoms with Crippen molar-refractivity contribution in [3.05, 3.63) is 29.3 Å². The summed E-state index contributed by atoms with van der Waals surface area (Å²) in [6, 6.07) is 6.96. The molecule has 114 valence electrons. The van der Waals surface area contributed by atoms with Crippen LogP contribution < -0.4 is 5.32 Å². The van der Waals surface area contributed by atoms with E-state index in [9.17, 15) is 0 Å². The minimum Gasteiger partial charge on any atom is -0.355 e. The molecule has 0 radical (unpaired) electrons. The number of hydrogen-bond acceptors (Lipinski definition) is 5. The van der Waals surface area contributed by atoms with Crippen molar-refractivity contribution in [2.75, 3.05) is 19.6 Å². The maximum Gasteiger partial charge on any atom is 0.177 e. The van der Waals surface area contributed by atoms with Gasteiger partial charge in [0.2, 0.25) is 0 Å². The van der Waals surface area contributed by atoms with Gasteiger partial charge < -0.3 is 9.84 Å². The molecule has 2 aliphatic rings. The summed E-state index contributed by atoms with van der Waals surface area (Å²) in [4.78, 5) is 3.67. The Kier molecular flexibility index (Phi) is 4.64. The third-order valence-electron chi connectivity index (χ3n) is 4.45. The number of hydrogen-bond donors (Lipinski definition) is 1. The number of fused-ring (bicyclic) bond motifs is 1. The molecule has 0 saturated carbocycles. The Hall–Kier alpha value is -0.880. The zero-order valence-corrected chi connectivity index (χ0v) is 13.5. The Labute approximate surface area is 134 Å². The van der Waals surface area contributed by atoms with E-state index in [1.165, 1.54) is 25.9 Å². The van der Waals surface area contributed by atoms with Crippen LogP contribution in [-0.4, -0.2) is 35.7 Å². The number of halogens is 1. The molecule has 0 spiro atoms. The molecule has 2 aromatic heterocycles. The van der Waals surface area contributed by atoms with Gasteiger partial charge >= 0.3 is 0 Å². The highest BCUT2D eigenvalue weighted by atomic mass is 35.5. The highest BCUT2D eigenvalue weighted by Gasteiger charge is 2.32. The van der Waals surface area contributed by atoms with E-state index in [0.717, 1.165) is 41.4 Å². The van der Waals surface area contributed by atoms with Crippen LogP contribution >= 0.6 is 23.7 Å². The smallest absolute Gasteiger partial charge is 0.177 e. The van der Waals surface area contributed by atoms with Gasteiger partial charge in [-0.3, -0.25) is 4.90 Å². The van der Waals surface area contributed by atoms with Crippen LogP contribution in [0.3, 0.4) is 0 Å². The minimum absolute atomic E-state index is 0. The van der Waals surface area contributed by atoms with E-state index in [4.69, 9.17) is 4.52 Å². The van der Waals surface area contributed by atoms with Crippen LogP contribution in [-0.2, 0) is 6.54 Å². The fourth-order valence-corrected chi connectivity index (χ4v) is 4.09. The van der Waals surface area contributed by atoms with Crippen molar-refractivity contribution in [3.8, 4) is 10.6 Å². The largest absolute Gasteiger partial charge is 0.355 e. The summed E-state index contributed by atoms with van der Waals surface area (Å²) in [5, 5.41) is 9.90. The van der Waals surface area contributed by atoms with Crippen molar-refractivity contribution in [1.82, 2.24) is 15.4 Å². The van der Waals surface area contributed by atoms with E-state index >= 15 is 0 Å². The topological polar surface area (TPSA) is 41.3 Å². The van der Waals surface area contributed by atoms with Crippen LogP contribution in [0.5, 0.6) is 0 Å². The molecule has 4 nitrogen and oxygen atoms in total. The number of nitrogens with zero attached hydrogens (tertiary/aromatic N) is 2. The van der Waals surface area contributed by atoms with Gasteiger partial charge in [0, 0.05) is 31.7 Å². The molecule has 2 fully saturated rings. The standard InChI is InChI=1S/C15H19N3OS.ClH/c1-2-15(20-7-1)14-8-12(17-19-14)10-18-6-4-13-11(9-18)3-5-16-13;/h1-2,7-8,11,13,16H,3-6,9-10H2;1H. The van der Waals surface area contributed by atoms with Crippen LogP contribution in [0, 0.1) is 5.92 Å². The Bertz CT molecular complexity index is 571. The molecule has 2 unspecified atom stereocenters. The summed E-state index contributed by atoms with van der Waals surface area (Å²) in [6.07, 6.45) is 2.58. The molecule has 0 aliphatic carbocycles. The molecule has 2 aliphatic heterocycles. The normalized spacial score (nSPS) is 25.5. The predicted octanol–water partition coefficient (Wildman–Crippen LogP) is 3.01. The summed E-state index contributed by atoms with van der Waals surface area (Å²) in [6.45, 7) is 4.46. The summed E-state index contributed by atoms with van der Waals surface area (Å²) in [5.74, 6) is 1.72. The average Bonchev–Trinajstić information content (AvgIpc) is 3.19. The fourth-order valence-electron chi connectivity index (χ4n) is 3.42. The first-order chi connectivity index (χ1) is 9.88. The van der Waals surface area contributed by atoms with Gasteiger partial charge in [-0.05, 0) is 36.8 Å². The van der Waals surface area contributed by atoms with Gasteiger partial charge in [0.1, 0.15) is 0 Å². The fraction of sp³-hybridized carbons (Fsp3) is 0.533. The molecule has 6 heteroatoms. The maximum absolute atomic E-state index is 5.46. The Morgan fingerprint density at radius 2 is 2.38 bits per heavy atom. The molecule has 2 saturated heterocycles. The zero-order valence-electron chi connectivity index (χ0n) is 11.8. The lowest BCUT2D eigenvalue weighted by atomic mass is 9.93. The first-order valence-corrected chi connectivity index (χ1v) is 8.22. The molecule has 4 heterocycles. The molecule has 0 amide bonds. The number of aromatic nitrogens is 1. The Morgan fingerprint density at radius 3 is 3.24 bits per heavy atom. The van der Waals surface area contributed by atoms with Gasteiger partial charge in [-0.25, -0.2) is 0 Å². The summed E-state index contributed by atoms with van der Waals surface area (Å²) < 4.78 is 5.46. The van der Waals surface area contributed by atoms with E-state index in [2.05, 4.69) is 32.9 Å². The second-order valence-corrected chi connectivity index (χ2v) is 6.74. The molecule has 0 bridgehead atoms. The number of rotatable bonds is 3. The van der Waals surface area contributed by atoms with E-state index in [-0.39, 0.29) is 12.4 Å². The van der Waals surface area contributed by atoms with Crippen LogP contribution in [0.25, 0.3) is 10.6 Å². The third-order valence-corrected chi connectivity index (χ3v) is 5.33. The average molecular weight is 326 g/mol. The van der Waals surface area contributed by atoms with Gasteiger partial charge in [0.15, 0.2) is 5.76 Å². The highest BCUT2D eigenvalue weighted by Crippen LogP contribution is 2.28.